The van der Waals surface area contributed by atoms with Crippen molar-refractivity contribution in [3.63, 3.8) is 0 Å². The van der Waals surface area contributed by atoms with Crippen molar-refractivity contribution >= 4 is 0 Å². The van der Waals surface area contributed by atoms with Gasteiger partial charge in [-0.15, -0.1) is 0 Å². The highest BCUT2D eigenvalue weighted by molar-refractivity contribution is 5.31. The van der Waals surface area contributed by atoms with Crippen LogP contribution in [0.3, 0.4) is 0 Å². The van der Waals surface area contributed by atoms with Gasteiger partial charge in [0.15, 0.2) is 11.5 Å². The maximum absolute atomic E-state index is 9.28. The Labute approximate surface area is 68.0 Å². The standard InChI is InChI=1S/C6H8N2O4/c7-3-1-8(10)6(9)5-4(3)11-2-12-5/h1,6,9-10H,2,7H2. The SMILES string of the molecule is NC1=CN(O)C(O)C2=C1OCO2. The molecule has 2 rings (SSSR count). The number of aliphatic hydroxyl groups excluding tert-OH is 1. The van der Waals surface area contributed by atoms with Crippen LogP contribution in [0.1, 0.15) is 0 Å². The summed E-state index contributed by atoms with van der Waals surface area (Å²) in [5, 5.41) is 18.9. The number of hydroxylamine groups is 2. The van der Waals surface area contributed by atoms with E-state index < -0.39 is 6.23 Å². The molecule has 0 aromatic rings. The molecular weight excluding hydrogens is 164 g/mol. The normalized spacial score (nSPS) is 27.7. The molecule has 6 heteroatoms. The molecule has 0 aliphatic carbocycles. The van der Waals surface area contributed by atoms with Gasteiger partial charge >= 0.3 is 0 Å². The van der Waals surface area contributed by atoms with Crippen LogP contribution in [-0.2, 0) is 9.47 Å². The highest BCUT2D eigenvalue weighted by Crippen LogP contribution is 2.28. The van der Waals surface area contributed by atoms with Gasteiger partial charge in [-0.2, -0.15) is 0 Å². The molecule has 0 bridgehead atoms. The maximum Gasteiger partial charge on any atom is 0.231 e. The molecule has 12 heavy (non-hydrogen) atoms. The lowest BCUT2D eigenvalue weighted by Gasteiger charge is -2.23. The molecule has 6 nitrogen and oxygen atoms in total. The fraction of sp³-hybridized carbons (Fsp3) is 0.333. The second-order valence-corrected chi connectivity index (χ2v) is 2.44. The molecule has 0 fully saturated rings. The zero-order valence-electron chi connectivity index (χ0n) is 6.10. The zero-order chi connectivity index (χ0) is 8.72. The summed E-state index contributed by atoms with van der Waals surface area (Å²) in [6.45, 7) is 0.0180. The summed E-state index contributed by atoms with van der Waals surface area (Å²) in [6.07, 6.45) is -0.0622. The smallest absolute Gasteiger partial charge is 0.231 e. The lowest BCUT2D eigenvalue weighted by molar-refractivity contribution is -0.158. The van der Waals surface area contributed by atoms with Gasteiger partial charge in [-0.1, -0.05) is 0 Å². The molecule has 2 aliphatic rings. The molecule has 0 saturated carbocycles. The van der Waals surface area contributed by atoms with Gasteiger partial charge in [0.25, 0.3) is 0 Å². The minimum Gasteiger partial charge on any atom is -0.453 e. The van der Waals surface area contributed by atoms with Gasteiger partial charge < -0.3 is 20.3 Å². The summed E-state index contributed by atoms with van der Waals surface area (Å²) in [4.78, 5) is 0. The van der Waals surface area contributed by atoms with Crippen LogP contribution in [-0.4, -0.2) is 28.4 Å². The second-order valence-electron chi connectivity index (χ2n) is 2.44. The number of nitrogens with two attached hydrogens (primary N) is 1. The van der Waals surface area contributed by atoms with Crippen LogP contribution in [0.25, 0.3) is 0 Å². The number of aliphatic hydroxyl groups is 1. The lowest BCUT2D eigenvalue weighted by atomic mass is 10.2. The Morgan fingerprint density at radius 2 is 2.33 bits per heavy atom. The predicted octanol–water partition coefficient (Wildman–Crippen LogP) is -0.974. The maximum atomic E-state index is 9.28. The summed E-state index contributed by atoms with van der Waals surface area (Å²) in [6, 6.07) is 0. The largest absolute Gasteiger partial charge is 0.453 e. The predicted molar refractivity (Wildman–Crippen MR) is 36.0 cm³/mol. The van der Waals surface area contributed by atoms with Crippen molar-refractivity contribution < 1.29 is 19.8 Å². The molecule has 0 saturated heterocycles. The van der Waals surface area contributed by atoms with Gasteiger partial charge in [0.05, 0.1) is 11.9 Å². The molecule has 1 unspecified atom stereocenters. The molecule has 0 aromatic carbocycles. The van der Waals surface area contributed by atoms with Crippen LogP contribution in [0, 0.1) is 0 Å². The van der Waals surface area contributed by atoms with E-state index in [2.05, 4.69) is 0 Å². The van der Waals surface area contributed by atoms with Crippen molar-refractivity contribution in [2.24, 2.45) is 5.73 Å². The van der Waals surface area contributed by atoms with Crippen LogP contribution in [0.5, 0.6) is 0 Å². The summed E-state index contributed by atoms with van der Waals surface area (Å²) in [7, 11) is 0. The third-order valence-corrected chi connectivity index (χ3v) is 1.66. The average molecular weight is 172 g/mol. The molecule has 0 radical (unpaired) electrons. The number of rotatable bonds is 0. The number of ether oxygens (including phenoxy) is 2. The first-order chi connectivity index (χ1) is 5.70. The van der Waals surface area contributed by atoms with Crippen LogP contribution in [0.4, 0.5) is 0 Å². The number of hydrogen-bond acceptors (Lipinski definition) is 6. The van der Waals surface area contributed by atoms with E-state index in [-0.39, 0.29) is 18.2 Å². The zero-order valence-corrected chi connectivity index (χ0v) is 6.10. The van der Waals surface area contributed by atoms with Crippen molar-refractivity contribution in [1.82, 2.24) is 5.06 Å². The van der Waals surface area contributed by atoms with Crippen LogP contribution < -0.4 is 5.73 Å². The second kappa shape index (κ2) is 2.29. The van der Waals surface area contributed by atoms with E-state index in [0.717, 1.165) is 6.20 Å². The van der Waals surface area contributed by atoms with E-state index >= 15 is 0 Å². The van der Waals surface area contributed by atoms with Gasteiger partial charge in [0.2, 0.25) is 13.0 Å². The van der Waals surface area contributed by atoms with E-state index in [1.807, 2.05) is 0 Å². The molecule has 0 aromatic heterocycles. The Balaban J connectivity index is 2.38. The Morgan fingerprint density at radius 3 is 3.08 bits per heavy atom. The third kappa shape index (κ3) is 0.821. The van der Waals surface area contributed by atoms with Crippen molar-refractivity contribution in [3.8, 4) is 0 Å². The number of hydrogen-bond donors (Lipinski definition) is 3. The fourth-order valence-electron chi connectivity index (χ4n) is 1.10. The monoisotopic (exact) mass is 172 g/mol. The van der Waals surface area contributed by atoms with Gasteiger partial charge in [-0.25, -0.2) is 5.06 Å². The molecule has 2 aliphatic heterocycles. The van der Waals surface area contributed by atoms with Gasteiger partial charge in [0.1, 0.15) is 0 Å². The number of nitrogens with zero attached hydrogens (tertiary/aromatic N) is 1. The topological polar surface area (TPSA) is 88.2 Å². The van der Waals surface area contributed by atoms with Crippen LogP contribution in [0.15, 0.2) is 23.4 Å². The molecule has 66 valence electrons. The van der Waals surface area contributed by atoms with Crippen LogP contribution >= 0.6 is 0 Å². The molecule has 0 spiro atoms. The highest BCUT2D eigenvalue weighted by atomic mass is 16.7. The van der Waals surface area contributed by atoms with Crippen molar-refractivity contribution in [1.29, 1.82) is 0 Å². The Morgan fingerprint density at radius 1 is 1.58 bits per heavy atom. The van der Waals surface area contributed by atoms with Crippen molar-refractivity contribution in [3.05, 3.63) is 23.4 Å². The van der Waals surface area contributed by atoms with Gasteiger partial charge in [0, 0.05) is 0 Å². The molecule has 1 atom stereocenters. The Kier molecular flexibility index (Phi) is 1.39. The van der Waals surface area contributed by atoms with Crippen LogP contribution in [0.2, 0.25) is 0 Å². The van der Waals surface area contributed by atoms with Gasteiger partial charge in [-0.3, -0.25) is 5.21 Å². The summed E-state index contributed by atoms with van der Waals surface area (Å²) in [5.74, 6) is 0.449. The molecular formula is C6H8N2O4. The van der Waals surface area contributed by atoms with E-state index in [0.29, 0.717) is 10.8 Å². The minimum absolute atomic E-state index is 0.0180. The quantitative estimate of drug-likeness (QED) is 0.435. The Bertz CT molecular complexity index is 273. The summed E-state index contributed by atoms with van der Waals surface area (Å²) < 4.78 is 9.85. The summed E-state index contributed by atoms with van der Waals surface area (Å²) in [5.41, 5.74) is 5.69. The third-order valence-electron chi connectivity index (χ3n) is 1.66. The summed E-state index contributed by atoms with van der Waals surface area (Å²) >= 11 is 0. The van der Waals surface area contributed by atoms with Gasteiger partial charge in [-0.05, 0) is 0 Å². The lowest BCUT2D eigenvalue weighted by Crippen LogP contribution is -2.34. The van der Waals surface area contributed by atoms with Crippen molar-refractivity contribution in [2.45, 2.75) is 6.23 Å². The Hall–Kier alpha value is -1.40. The molecule has 4 N–H and O–H groups in total. The molecule has 2 heterocycles. The minimum atomic E-state index is -1.23. The van der Waals surface area contributed by atoms with Crippen molar-refractivity contribution in [2.75, 3.05) is 6.79 Å². The first-order valence-corrected chi connectivity index (χ1v) is 3.33. The average Bonchev–Trinajstić information content (AvgIpc) is 2.48. The molecule has 0 amide bonds. The van der Waals surface area contributed by atoms with E-state index in [9.17, 15) is 5.11 Å². The van der Waals surface area contributed by atoms with E-state index in [1.54, 1.807) is 0 Å². The fourth-order valence-corrected chi connectivity index (χ4v) is 1.10. The van der Waals surface area contributed by atoms with E-state index in [1.165, 1.54) is 0 Å². The highest BCUT2D eigenvalue weighted by Gasteiger charge is 2.33. The van der Waals surface area contributed by atoms with E-state index in [4.69, 9.17) is 20.4 Å². The first kappa shape index (κ1) is 7.26. The first-order valence-electron chi connectivity index (χ1n) is 3.33.